The van der Waals surface area contributed by atoms with E-state index < -0.39 is 0 Å². The van der Waals surface area contributed by atoms with E-state index in [1.54, 1.807) is 6.20 Å². The number of piperidine rings is 1. The second-order valence-corrected chi connectivity index (χ2v) is 7.41. The van der Waals surface area contributed by atoms with Crippen molar-refractivity contribution < 1.29 is 4.79 Å². The zero-order valence-corrected chi connectivity index (χ0v) is 15.6. The number of amides is 1. The maximum absolute atomic E-state index is 12.5. The molecule has 8 nitrogen and oxygen atoms in total. The molecule has 3 N–H and O–H groups in total. The third-order valence-electron chi connectivity index (χ3n) is 5.52. The minimum absolute atomic E-state index is 0.00244. The van der Waals surface area contributed by atoms with Gasteiger partial charge in [0.1, 0.15) is 11.6 Å². The quantitative estimate of drug-likeness (QED) is 0.641. The summed E-state index contributed by atoms with van der Waals surface area (Å²) in [6, 6.07) is 3.99. The lowest BCUT2D eigenvalue weighted by atomic mass is 9.99. The highest BCUT2D eigenvalue weighted by molar-refractivity contribution is 5.94. The lowest BCUT2D eigenvalue weighted by molar-refractivity contribution is -0.120. The minimum Gasteiger partial charge on any atom is -0.326 e. The minimum atomic E-state index is 0.00244. The van der Waals surface area contributed by atoms with Gasteiger partial charge in [-0.1, -0.05) is 0 Å². The van der Waals surface area contributed by atoms with E-state index in [9.17, 15) is 4.79 Å². The van der Waals surface area contributed by atoms with Crippen LogP contribution in [0.2, 0.25) is 0 Å². The molecule has 1 saturated heterocycles. The first-order chi connectivity index (χ1) is 13.8. The molecule has 2 aliphatic rings. The van der Waals surface area contributed by atoms with Crippen LogP contribution >= 0.6 is 0 Å². The van der Waals surface area contributed by atoms with E-state index in [4.69, 9.17) is 0 Å². The van der Waals surface area contributed by atoms with Gasteiger partial charge >= 0.3 is 0 Å². The van der Waals surface area contributed by atoms with Gasteiger partial charge in [-0.3, -0.25) is 9.78 Å². The molecule has 3 aromatic heterocycles. The fraction of sp³-hybridized carbons (Fsp3) is 0.400. The van der Waals surface area contributed by atoms with Crippen LogP contribution in [0.5, 0.6) is 0 Å². The van der Waals surface area contributed by atoms with Crippen LogP contribution in [0.3, 0.4) is 0 Å². The number of nitrogens with one attached hydrogen (secondary N) is 3. The molecule has 0 bridgehead atoms. The molecule has 0 aromatic carbocycles. The largest absolute Gasteiger partial charge is 0.326 e. The first kappa shape index (κ1) is 17.3. The van der Waals surface area contributed by atoms with Gasteiger partial charge in [-0.25, -0.2) is 9.97 Å². The summed E-state index contributed by atoms with van der Waals surface area (Å²) >= 11 is 0. The van der Waals surface area contributed by atoms with Gasteiger partial charge in [-0.15, -0.1) is 0 Å². The third kappa shape index (κ3) is 3.25. The van der Waals surface area contributed by atoms with Gasteiger partial charge in [0.25, 0.3) is 0 Å². The smallest absolute Gasteiger partial charge is 0.229 e. The van der Waals surface area contributed by atoms with Crippen molar-refractivity contribution in [1.82, 2.24) is 30.2 Å². The van der Waals surface area contributed by atoms with E-state index in [1.165, 1.54) is 0 Å². The Morgan fingerprint density at radius 2 is 2.07 bits per heavy atom. The van der Waals surface area contributed by atoms with Gasteiger partial charge in [0.05, 0.1) is 36.1 Å². The van der Waals surface area contributed by atoms with Gasteiger partial charge in [0, 0.05) is 36.8 Å². The Balaban J connectivity index is 1.43. The molecule has 0 aliphatic carbocycles. The van der Waals surface area contributed by atoms with Crippen molar-refractivity contribution in [3.05, 3.63) is 36.5 Å². The Morgan fingerprint density at radius 3 is 2.96 bits per heavy atom. The summed E-state index contributed by atoms with van der Waals surface area (Å²) in [4.78, 5) is 25.9. The summed E-state index contributed by atoms with van der Waals surface area (Å²) in [5, 5.41) is 10.5. The first-order valence-corrected chi connectivity index (χ1v) is 9.81. The highest BCUT2D eigenvalue weighted by Crippen LogP contribution is 2.26. The lowest BCUT2D eigenvalue weighted by Gasteiger charge is -2.21. The van der Waals surface area contributed by atoms with Gasteiger partial charge in [-0.05, 0) is 31.5 Å². The second-order valence-electron chi connectivity index (χ2n) is 7.41. The van der Waals surface area contributed by atoms with E-state index in [1.807, 2.05) is 18.5 Å². The molecule has 0 unspecified atom stereocenters. The normalized spacial score (nSPS) is 19.4. The highest BCUT2D eigenvalue weighted by Gasteiger charge is 2.21. The van der Waals surface area contributed by atoms with Crippen molar-refractivity contribution in [1.29, 1.82) is 0 Å². The predicted octanol–water partition coefficient (Wildman–Crippen LogP) is 1.53. The molecule has 1 fully saturated rings. The number of fused-ring (bicyclic) bond motifs is 2. The maximum atomic E-state index is 12.5. The number of rotatable bonds is 3. The summed E-state index contributed by atoms with van der Waals surface area (Å²) in [6.45, 7) is 4.34. The Morgan fingerprint density at radius 1 is 1.11 bits per heavy atom. The lowest BCUT2D eigenvalue weighted by Crippen LogP contribution is -2.37. The molecule has 28 heavy (non-hydrogen) atoms. The molecular formula is C20H23N7O. The number of aromatic nitrogens is 4. The van der Waals surface area contributed by atoms with Crippen LogP contribution in [0.25, 0.3) is 22.2 Å². The van der Waals surface area contributed by atoms with Gasteiger partial charge < -0.3 is 20.5 Å². The van der Waals surface area contributed by atoms with Gasteiger partial charge in [-0.2, -0.15) is 0 Å². The summed E-state index contributed by atoms with van der Waals surface area (Å²) < 4.78 is 2.24. The van der Waals surface area contributed by atoms with Crippen LogP contribution in [-0.4, -0.2) is 45.1 Å². The van der Waals surface area contributed by atoms with Crippen molar-refractivity contribution in [3.8, 4) is 11.3 Å². The van der Waals surface area contributed by atoms with E-state index in [-0.39, 0.29) is 11.8 Å². The van der Waals surface area contributed by atoms with Gasteiger partial charge in [0.2, 0.25) is 5.91 Å². The van der Waals surface area contributed by atoms with E-state index >= 15 is 0 Å². The maximum Gasteiger partial charge on any atom is 0.229 e. The number of carbonyl (C=O) groups excluding carboxylic acids is 1. The predicted molar refractivity (Wildman–Crippen MR) is 107 cm³/mol. The molecular weight excluding hydrogens is 354 g/mol. The average Bonchev–Trinajstić information content (AvgIpc) is 3.18. The molecule has 0 spiro atoms. The van der Waals surface area contributed by atoms with E-state index in [0.717, 1.165) is 73.6 Å². The molecule has 0 radical (unpaired) electrons. The summed E-state index contributed by atoms with van der Waals surface area (Å²) in [5.41, 5.74) is 2.90. The average molecular weight is 377 g/mol. The van der Waals surface area contributed by atoms with Crippen LogP contribution in [0, 0.1) is 5.92 Å². The molecule has 5 rings (SSSR count). The summed E-state index contributed by atoms with van der Waals surface area (Å²) in [5.74, 6) is 1.65. The van der Waals surface area contributed by atoms with Crippen LogP contribution in [0.15, 0.2) is 30.7 Å². The van der Waals surface area contributed by atoms with Crippen LogP contribution < -0.4 is 16.0 Å². The first-order valence-electron chi connectivity index (χ1n) is 9.81. The van der Waals surface area contributed by atoms with Crippen LogP contribution in [0.1, 0.15) is 18.7 Å². The summed E-state index contributed by atoms with van der Waals surface area (Å²) in [7, 11) is 0. The molecule has 144 valence electrons. The number of anilines is 1. The molecule has 5 heterocycles. The topological polar surface area (TPSA) is 96.8 Å². The fourth-order valence-electron chi connectivity index (χ4n) is 3.97. The van der Waals surface area contributed by atoms with E-state index in [2.05, 4.69) is 41.5 Å². The zero-order valence-electron chi connectivity index (χ0n) is 15.6. The standard InChI is InChI=1S/C20H23N7O/c28-20(13-2-1-3-21-8-13)26-18-7-14-6-15(9-23-16(14)10-24-18)17-11-25-19-12-22-4-5-27(17)19/h6-7,9-11,13,21-22H,1-5,8,12H2,(H,24,26,28)/t13-/m1/s1. The Bertz CT molecular complexity index is 1020. The third-order valence-corrected chi connectivity index (χ3v) is 5.52. The number of imidazole rings is 1. The van der Waals surface area contributed by atoms with E-state index in [0.29, 0.717) is 5.82 Å². The number of hydrogen-bond donors (Lipinski definition) is 3. The fourth-order valence-corrected chi connectivity index (χ4v) is 3.97. The number of nitrogens with zero attached hydrogens (tertiary/aromatic N) is 4. The molecule has 0 saturated carbocycles. The van der Waals surface area contributed by atoms with Crippen molar-refractivity contribution >= 4 is 22.6 Å². The number of hydrogen-bond acceptors (Lipinski definition) is 6. The van der Waals surface area contributed by atoms with Crippen molar-refractivity contribution in [2.45, 2.75) is 25.9 Å². The van der Waals surface area contributed by atoms with Crippen molar-refractivity contribution in [2.24, 2.45) is 5.92 Å². The number of pyridine rings is 2. The summed E-state index contributed by atoms with van der Waals surface area (Å²) in [6.07, 6.45) is 7.43. The Kier molecular flexibility index (Phi) is 4.50. The number of carbonyl (C=O) groups is 1. The molecule has 1 atom stereocenters. The molecule has 1 amide bonds. The van der Waals surface area contributed by atoms with Crippen molar-refractivity contribution in [2.75, 3.05) is 25.0 Å². The van der Waals surface area contributed by atoms with Crippen LogP contribution in [-0.2, 0) is 17.9 Å². The molecule has 2 aliphatic heterocycles. The second kappa shape index (κ2) is 7.29. The highest BCUT2D eigenvalue weighted by atomic mass is 16.2. The van der Waals surface area contributed by atoms with Crippen LogP contribution in [0.4, 0.5) is 5.82 Å². The Hall–Kier alpha value is -2.84. The molecule has 8 heteroatoms. The monoisotopic (exact) mass is 377 g/mol. The SMILES string of the molecule is O=C(Nc1cc2cc(-c3cnc4n3CCNC4)cnc2cn1)[C@@H]1CCCNC1. The molecule has 3 aromatic rings. The van der Waals surface area contributed by atoms with Gasteiger partial charge in [0.15, 0.2) is 0 Å². The Labute approximate surface area is 162 Å². The zero-order chi connectivity index (χ0) is 18.9. The van der Waals surface area contributed by atoms with Crippen molar-refractivity contribution in [3.63, 3.8) is 0 Å².